The Bertz CT molecular complexity index is 110. The first-order chi connectivity index (χ1) is 5.02. The van der Waals surface area contributed by atoms with Crippen LogP contribution in [0.15, 0.2) is 0 Å². The van der Waals surface area contributed by atoms with Crippen LogP contribution in [0, 0.1) is 11.8 Å². The second-order valence-electron chi connectivity index (χ2n) is 3.21. The van der Waals surface area contributed by atoms with Crippen LogP contribution in [-0.2, 0) is 0 Å². The van der Waals surface area contributed by atoms with Gasteiger partial charge in [-0.05, 0) is 12.3 Å². The zero-order chi connectivity index (χ0) is 9.07. The summed E-state index contributed by atoms with van der Waals surface area (Å²) < 4.78 is 25.2. The van der Waals surface area contributed by atoms with Crippen molar-refractivity contribution in [3.8, 4) is 0 Å². The Labute approximate surface area is 68.0 Å². The predicted octanol–water partition coefficient (Wildman–Crippen LogP) is 3.71. The van der Waals surface area contributed by atoms with Crippen LogP contribution < -0.4 is 0 Å². The molecule has 0 radical (unpaired) electrons. The lowest BCUT2D eigenvalue weighted by molar-refractivity contribution is -0.0318. The molecule has 0 saturated heterocycles. The number of rotatable bonds is 0. The number of hydrogen-bond donors (Lipinski definition) is 0. The van der Waals surface area contributed by atoms with E-state index in [9.17, 15) is 8.78 Å². The maximum absolute atomic E-state index is 12.6. The van der Waals surface area contributed by atoms with E-state index in [1.54, 1.807) is 6.92 Å². The molecule has 0 spiro atoms. The third-order valence-electron chi connectivity index (χ3n) is 2.10. The van der Waals surface area contributed by atoms with Gasteiger partial charge in [-0.15, -0.1) is 0 Å². The maximum Gasteiger partial charge on any atom is 0.250 e. The second-order valence-corrected chi connectivity index (χ2v) is 3.21. The summed E-state index contributed by atoms with van der Waals surface area (Å²) >= 11 is 0. The summed E-state index contributed by atoms with van der Waals surface area (Å²) in [5.41, 5.74) is 0. The molecule has 11 heavy (non-hydrogen) atoms. The van der Waals surface area contributed by atoms with Crippen LogP contribution in [0.5, 0.6) is 0 Å². The minimum absolute atomic E-state index is 0.0914. The van der Waals surface area contributed by atoms with E-state index in [4.69, 9.17) is 0 Å². The third kappa shape index (κ3) is 2.76. The standard InChI is InChI=1S/C7H12F2.C2H6/c1-5-3-6(2)7(8,9)4-5;1-2/h5-6H,3-4H2,1-2H3;1-2H3. The molecule has 0 aromatic heterocycles. The molecule has 0 aromatic carbocycles. The highest BCUT2D eigenvalue weighted by molar-refractivity contribution is 4.84. The van der Waals surface area contributed by atoms with Crippen molar-refractivity contribution in [2.75, 3.05) is 0 Å². The van der Waals surface area contributed by atoms with Gasteiger partial charge in [0, 0.05) is 12.3 Å². The van der Waals surface area contributed by atoms with Crippen molar-refractivity contribution in [2.45, 2.75) is 46.5 Å². The monoisotopic (exact) mass is 164 g/mol. The van der Waals surface area contributed by atoms with Gasteiger partial charge in [0.15, 0.2) is 0 Å². The molecule has 0 N–H and O–H groups in total. The molecule has 0 nitrogen and oxygen atoms in total. The van der Waals surface area contributed by atoms with Crippen molar-refractivity contribution in [1.82, 2.24) is 0 Å². The van der Waals surface area contributed by atoms with Crippen LogP contribution in [0.4, 0.5) is 8.78 Å². The summed E-state index contributed by atoms with van der Waals surface area (Å²) in [4.78, 5) is 0. The van der Waals surface area contributed by atoms with Gasteiger partial charge < -0.3 is 0 Å². The van der Waals surface area contributed by atoms with E-state index in [0.717, 1.165) is 0 Å². The van der Waals surface area contributed by atoms with Gasteiger partial charge in [0.25, 0.3) is 5.92 Å². The van der Waals surface area contributed by atoms with Crippen LogP contribution in [0.25, 0.3) is 0 Å². The van der Waals surface area contributed by atoms with Gasteiger partial charge in [0.05, 0.1) is 0 Å². The average Bonchev–Trinajstić information content (AvgIpc) is 2.10. The molecule has 0 bridgehead atoms. The normalized spacial score (nSPS) is 34.4. The number of halogens is 2. The highest BCUT2D eigenvalue weighted by Crippen LogP contribution is 2.42. The zero-order valence-electron chi connectivity index (χ0n) is 7.82. The van der Waals surface area contributed by atoms with Crippen LogP contribution in [0.3, 0.4) is 0 Å². The Morgan fingerprint density at radius 3 is 1.73 bits per heavy atom. The van der Waals surface area contributed by atoms with Crippen molar-refractivity contribution >= 4 is 0 Å². The van der Waals surface area contributed by atoms with E-state index < -0.39 is 11.8 Å². The lowest BCUT2D eigenvalue weighted by Crippen LogP contribution is -2.18. The van der Waals surface area contributed by atoms with Gasteiger partial charge in [0.1, 0.15) is 0 Å². The van der Waals surface area contributed by atoms with E-state index in [-0.39, 0.29) is 12.3 Å². The molecule has 1 aliphatic rings. The molecule has 1 saturated carbocycles. The maximum atomic E-state index is 12.6. The fourth-order valence-electron chi connectivity index (χ4n) is 1.53. The van der Waals surface area contributed by atoms with Crippen molar-refractivity contribution in [3.63, 3.8) is 0 Å². The largest absolute Gasteiger partial charge is 0.250 e. The molecule has 1 aliphatic carbocycles. The van der Waals surface area contributed by atoms with Gasteiger partial charge in [-0.2, -0.15) is 0 Å². The molecule has 1 rings (SSSR count). The highest BCUT2D eigenvalue weighted by atomic mass is 19.3. The summed E-state index contributed by atoms with van der Waals surface area (Å²) in [6.45, 7) is 7.51. The summed E-state index contributed by atoms with van der Waals surface area (Å²) in [5.74, 6) is -2.55. The topological polar surface area (TPSA) is 0 Å². The van der Waals surface area contributed by atoms with Crippen molar-refractivity contribution in [1.29, 1.82) is 0 Å². The minimum atomic E-state index is -2.38. The lowest BCUT2D eigenvalue weighted by Gasteiger charge is -2.12. The van der Waals surface area contributed by atoms with Crippen LogP contribution in [0.2, 0.25) is 0 Å². The Morgan fingerprint density at radius 2 is 1.64 bits per heavy atom. The fourth-order valence-corrected chi connectivity index (χ4v) is 1.53. The molecule has 2 heteroatoms. The summed E-state index contributed by atoms with van der Waals surface area (Å²) in [7, 11) is 0. The predicted molar refractivity (Wildman–Crippen MR) is 43.9 cm³/mol. The van der Waals surface area contributed by atoms with Crippen LogP contribution in [0.1, 0.15) is 40.5 Å². The van der Waals surface area contributed by atoms with Crippen molar-refractivity contribution in [2.24, 2.45) is 11.8 Å². The Kier molecular flexibility index (Phi) is 3.98. The quantitative estimate of drug-likeness (QED) is 0.512. The first-order valence-electron chi connectivity index (χ1n) is 4.40. The molecule has 0 aliphatic heterocycles. The highest BCUT2D eigenvalue weighted by Gasteiger charge is 2.44. The molecule has 2 unspecified atom stereocenters. The third-order valence-corrected chi connectivity index (χ3v) is 2.10. The van der Waals surface area contributed by atoms with Gasteiger partial charge >= 0.3 is 0 Å². The summed E-state index contributed by atoms with van der Waals surface area (Å²) in [6.07, 6.45) is 0.779. The van der Waals surface area contributed by atoms with Crippen LogP contribution in [-0.4, -0.2) is 5.92 Å². The molecule has 1 fully saturated rings. The SMILES string of the molecule is CC.CC1CC(C)C(F)(F)C1. The molecule has 0 aromatic rings. The fraction of sp³-hybridized carbons (Fsp3) is 1.00. The summed E-state index contributed by atoms with van der Waals surface area (Å²) in [6, 6.07) is 0. The van der Waals surface area contributed by atoms with E-state index in [1.165, 1.54) is 0 Å². The van der Waals surface area contributed by atoms with Crippen molar-refractivity contribution < 1.29 is 8.78 Å². The molecular weight excluding hydrogens is 146 g/mol. The van der Waals surface area contributed by atoms with E-state index in [1.807, 2.05) is 20.8 Å². The Morgan fingerprint density at radius 1 is 1.18 bits per heavy atom. The Hall–Kier alpha value is -0.140. The summed E-state index contributed by atoms with van der Waals surface area (Å²) in [5, 5.41) is 0. The molecule has 0 heterocycles. The van der Waals surface area contributed by atoms with Gasteiger partial charge in [-0.1, -0.05) is 27.7 Å². The second kappa shape index (κ2) is 4.03. The average molecular weight is 164 g/mol. The molecular formula is C9H18F2. The van der Waals surface area contributed by atoms with Gasteiger partial charge in [0.2, 0.25) is 0 Å². The smallest absolute Gasteiger partial charge is 0.207 e. The number of hydrogen-bond acceptors (Lipinski definition) is 0. The minimum Gasteiger partial charge on any atom is -0.207 e. The molecule has 0 amide bonds. The van der Waals surface area contributed by atoms with Gasteiger partial charge in [-0.3, -0.25) is 0 Å². The molecule has 68 valence electrons. The first-order valence-corrected chi connectivity index (χ1v) is 4.40. The zero-order valence-corrected chi connectivity index (χ0v) is 7.82. The van der Waals surface area contributed by atoms with Crippen molar-refractivity contribution in [3.05, 3.63) is 0 Å². The van der Waals surface area contributed by atoms with Crippen LogP contribution >= 0.6 is 0 Å². The number of alkyl halides is 2. The molecule has 2 atom stereocenters. The van der Waals surface area contributed by atoms with E-state index in [0.29, 0.717) is 6.42 Å². The van der Waals surface area contributed by atoms with Gasteiger partial charge in [-0.25, -0.2) is 8.78 Å². The van der Waals surface area contributed by atoms with E-state index >= 15 is 0 Å². The lowest BCUT2D eigenvalue weighted by atomic mass is 10.1. The van der Waals surface area contributed by atoms with E-state index in [2.05, 4.69) is 0 Å². The first kappa shape index (κ1) is 10.9. The Balaban J connectivity index is 0.000000461.